The van der Waals surface area contributed by atoms with E-state index in [2.05, 4.69) is 27.5 Å². The van der Waals surface area contributed by atoms with Crippen molar-refractivity contribution in [3.8, 4) is 67.8 Å². The second-order valence-electron chi connectivity index (χ2n) is 10.5. The highest BCUT2D eigenvalue weighted by Gasteiger charge is 2.18. The van der Waals surface area contributed by atoms with Crippen LogP contribution in [0.2, 0.25) is 0 Å². The van der Waals surface area contributed by atoms with E-state index in [4.69, 9.17) is 9.47 Å². The highest BCUT2D eigenvalue weighted by Crippen LogP contribution is 2.38. The van der Waals surface area contributed by atoms with Crippen molar-refractivity contribution in [1.82, 2.24) is 8.75 Å². The number of benzene rings is 5. The lowest BCUT2D eigenvalue weighted by molar-refractivity contribution is 0.309. The lowest BCUT2D eigenvalue weighted by Crippen LogP contribution is -1.96. The first kappa shape index (κ1) is 30.0. The quantitative estimate of drug-likeness (QED) is 0.113. The smallest absolute Gasteiger partial charge is 0.149 e. The maximum absolute atomic E-state index is 15.6. The van der Waals surface area contributed by atoms with Gasteiger partial charge in [-0.05, 0) is 72.0 Å². The maximum Gasteiger partial charge on any atom is 0.149 e. The Morgan fingerprint density at radius 1 is 0.622 bits per heavy atom. The summed E-state index contributed by atoms with van der Waals surface area (Å²) >= 11 is 1.02. The molecule has 0 fully saturated rings. The molecule has 1 heterocycles. The van der Waals surface area contributed by atoms with E-state index in [1.54, 1.807) is 31.2 Å². The molecule has 0 spiro atoms. The molecule has 0 saturated heterocycles. The molecule has 1 aromatic heterocycles. The van der Waals surface area contributed by atoms with Crippen LogP contribution in [-0.4, -0.2) is 22.0 Å². The zero-order valence-corrected chi connectivity index (χ0v) is 25.8. The molecular weight excluding hydrogens is 586 g/mol. The maximum atomic E-state index is 15.6. The molecule has 0 saturated carbocycles. The molecule has 0 unspecified atom stereocenters. The first-order valence-electron chi connectivity index (χ1n) is 14.8. The van der Waals surface area contributed by atoms with Crippen molar-refractivity contribution in [2.45, 2.75) is 26.7 Å². The molecule has 45 heavy (non-hydrogen) atoms. The van der Waals surface area contributed by atoms with Crippen LogP contribution in [0, 0.1) is 23.5 Å². The van der Waals surface area contributed by atoms with Crippen LogP contribution in [0.15, 0.2) is 97.1 Å². The third-order valence-corrected chi connectivity index (χ3v) is 8.09. The second kappa shape index (κ2) is 13.7. The van der Waals surface area contributed by atoms with Crippen LogP contribution in [0.4, 0.5) is 8.78 Å². The molecule has 224 valence electrons. The number of rotatable bonds is 10. The third-order valence-electron chi connectivity index (χ3n) is 7.56. The Morgan fingerprint density at radius 3 is 1.56 bits per heavy atom. The van der Waals surface area contributed by atoms with Gasteiger partial charge >= 0.3 is 0 Å². The predicted molar refractivity (Wildman–Crippen MR) is 178 cm³/mol. The highest BCUT2D eigenvalue weighted by molar-refractivity contribution is 7.00. The molecule has 0 atom stereocenters. The summed E-state index contributed by atoms with van der Waals surface area (Å²) in [6.45, 7) is 4.88. The number of aromatic nitrogens is 2. The van der Waals surface area contributed by atoms with Crippen molar-refractivity contribution in [1.29, 1.82) is 0 Å². The lowest BCUT2D eigenvalue weighted by Gasteiger charge is -2.11. The van der Waals surface area contributed by atoms with Gasteiger partial charge in [-0.15, -0.1) is 5.92 Å². The molecule has 0 aliphatic heterocycles. The Kier molecular flexibility index (Phi) is 9.14. The average Bonchev–Trinajstić information content (AvgIpc) is 3.56. The van der Waals surface area contributed by atoms with Crippen LogP contribution in [0.1, 0.15) is 26.7 Å². The van der Waals surface area contributed by atoms with Gasteiger partial charge in [-0.25, -0.2) is 8.78 Å². The Bertz CT molecular complexity index is 2010. The van der Waals surface area contributed by atoms with E-state index in [1.165, 1.54) is 12.1 Å². The minimum Gasteiger partial charge on any atom is -0.494 e. The van der Waals surface area contributed by atoms with Crippen molar-refractivity contribution in [2.75, 3.05) is 13.2 Å². The van der Waals surface area contributed by atoms with Crippen LogP contribution in [0.3, 0.4) is 0 Å². The molecule has 0 aliphatic carbocycles. The molecule has 0 amide bonds. The van der Waals surface area contributed by atoms with Gasteiger partial charge in [0.2, 0.25) is 0 Å². The number of halogens is 2. The van der Waals surface area contributed by atoms with E-state index in [-0.39, 0.29) is 11.6 Å². The summed E-state index contributed by atoms with van der Waals surface area (Å²) in [5, 5.41) is 0. The largest absolute Gasteiger partial charge is 0.494 e. The third kappa shape index (κ3) is 6.57. The minimum atomic E-state index is -0.384. The van der Waals surface area contributed by atoms with Crippen LogP contribution in [0.5, 0.6) is 11.5 Å². The molecule has 6 aromatic rings. The summed E-state index contributed by atoms with van der Waals surface area (Å²) in [5.74, 6) is 6.40. The SMILES string of the molecule is CC#CCOc1ccc(-c2ccc(-c3ccc(-c4ccc(-c5ccc(OCCCC)cc5)cc4F)c4nsnc34)c(F)c2)cc1. The average molecular weight is 617 g/mol. The fraction of sp³-hybridized carbons (Fsp3) is 0.158. The summed E-state index contributed by atoms with van der Waals surface area (Å²) in [6, 6.07) is 29.0. The van der Waals surface area contributed by atoms with Gasteiger partial charge in [0, 0.05) is 22.3 Å². The van der Waals surface area contributed by atoms with Crippen LogP contribution >= 0.6 is 11.7 Å². The predicted octanol–water partition coefficient (Wildman–Crippen LogP) is 10.2. The molecule has 4 nitrogen and oxygen atoms in total. The van der Waals surface area contributed by atoms with Gasteiger partial charge in [0.1, 0.15) is 40.8 Å². The van der Waals surface area contributed by atoms with Crippen LogP contribution in [0.25, 0.3) is 55.5 Å². The van der Waals surface area contributed by atoms with Gasteiger partial charge in [0.15, 0.2) is 0 Å². The second-order valence-corrected chi connectivity index (χ2v) is 11.0. The van der Waals surface area contributed by atoms with Crippen molar-refractivity contribution in [3.05, 3.63) is 109 Å². The number of hydrogen-bond donors (Lipinski definition) is 0. The zero-order valence-electron chi connectivity index (χ0n) is 24.9. The Morgan fingerprint density at radius 2 is 1.09 bits per heavy atom. The van der Waals surface area contributed by atoms with Gasteiger partial charge in [-0.2, -0.15) is 8.75 Å². The van der Waals surface area contributed by atoms with Gasteiger partial charge in [-0.3, -0.25) is 0 Å². The topological polar surface area (TPSA) is 44.2 Å². The van der Waals surface area contributed by atoms with Crippen molar-refractivity contribution in [3.63, 3.8) is 0 Å². The molecule has 7 heteroatoms. The van der Waals surface area contributed by atoms with E-state index < -0.39 is 0 Å². The van der Waals surface area contributed by atoms with Crippen molar-refractivity contribution >= 4 is 22.8 Å². The summed E-state index contributed by atoms with van der Waals surface area (Å²) in [6.07, 6.45) is 2.07. The van der Waals surface area contributed by atoms with E-state index in [0.29, 0.717) is 52.3 Å². The monoisotopic (exact) mass is 616 g/mol. The minimum absolute atomic E-state index is 0.319. The molecular formula is C38H30F2N2O2S. The van der Waals surface area contributed by atoms with E-state index in [1.807, 2.05) is 60.7 Å². The summed E-state index contributed by atoms with van der Waals surface area (Å²) < 4.78 is 51.5. The summed E-state index contributed by atoms with van der Waals surface area (Å²) in [7, 11) is 0. The first-order valence-corrected chi connectivity index (χ1v) is 15.5. The molecule has 6 rings (SSSR count). The van der Waals surface area contributed by atoms with E-state index in [0.717, 1.165) is 52.6 Å². The van der Waals surface area contributed by atoms with Crippen molar-refractivity contribution < 1.29 is 18.3 Å². The highest BCUT2D eigenvalue weighted by atomic mass is 32.1. The number of ether oxygens (including phenoxy) is 2. The van der Waals surface area contributed by atoms with Gasteiger partial charge < -0.3 is 9.47 Å². The number of nitrogens with zero attached hydrogens (tertiary/aromatic N) is 2. The van der Waals surface area contributed by atoms with E-state index >= 15 is 8.78 Å². The summed E-state index contributed by atoms with van der Waals surface area (Å²) in [5.41, 5.74) is 6.33. The zero-order chi connectivity index (χ0) is 31.2. The van der Waals surface area contributed by atoms with Gasteiger partial charge in [0.05, 0.1) is 18.3 Å². The fourth-order valence-electron chi connectivity index (χ4n) is 5.14. The van der Waals surface area contributed by atoms with Crippen molar-refractivity contribution in [2.24, 2.45) is 0 Å². The number of hydrogen-bond acceptors (Lipinski definition) is 5. The van der Waals surface area contributed by atoms with Gasteiger partial charge in [0.25, 0.3) is 0 Å². The Balaban J connectivity index is 1.25. The Labute approximate surface area is 265 Å². The lowest BCUT2D eigenvalue weighted by atomic mass is 9.94. The first-order chi connectivity index (χ1) is 22.1. The molecule has 0 N–H and O–H groups in total. The molecule has 0 bridgehead atoms. The van der Waals surface area contributed by atoms with Gasteiger partial charge in [-0.1, -0.05) is 79.9 Å². The molecule has 5 aromatic carbocycles. The Hall–Kier alpha value is -5.06. The number of unbranched alkanes of at least 4 members (excludes halogenated alkanes) is 1. The molecule has 0 aliphatic rings. The fourth-order valence-corrected chi connectivity index (χ4v) is 5.71. The molecule has 0 radical (unpaired) electrons. The van der Waals surface area contributed by atoms with E-state index in [9.17, 15) is 0 Å². The summed E-state index contributed by atoms with van der Waals surface area (Å²) in [4.78, 5) is 0. The van der Waals surface area contributed by atoms with Crippen LogP contribution < -0.4 is 9.47 Å². The van der Waals surface area contributed by atoms with Crippen LogP contribution in [-0.2, 0) is 0 Å². The number of fused-ring (bicyclic) bond motifs is 1. The standard InChI is InChI=1S/C38H30F2N2O2S/c1-3-5-21-43-29-13-7-25(8-14-29)27-11-17-31(35(39)23-27)33-19-20-34(38-37(33)41-45-42-38)32-18-12-28(24-36(32)40)26-9-15-30(16-10-26)44-22-6-4-2/h7-20,23-24H,3,5,21-22H2,1-2H3. The normalized spacial score (nSPS) is 10.8.